The van der Waals surface area contributed by atoms with E-state index in [9.17, 15) is 0 Å². The summed E-state index contributed by atoms with van der Waals surface area (Å²) in [5, 5.41) is 9.19. The highest BCUT2D eigenvalue weighted by molar-refractivity contribution is 7.04. The second kappa shape index (κ2) is 18.3. The van der Waals surface area contributed by atoms with Gasteiger partial charge < -0.3 is 13.7 Å². The van der Waals surface area contributed by atoms with E-state index in [0.29, 0.717) is 35.5 Å². The average Bonchev–Trinajstić information content (AvgIpc) is 1.66. The molecule has 414 valence electrons. The molecule has 4 aliphatic heterocycles. The number of hydrogen-bond donors (Lipinski definition) is 0. The van der Waals surface area contributed by atoms with Crippen LogP contribution in [-0.2, 0) is 0 Å². The molecular weight excluding hydrogens is 1000 g/mol. The van der Waals surface area contributed by atoms with Gasteiger partial charge in [0.2, 0.25) is 0 Å². The topological polar surface area (TPSA) is 14.8 Å². The second-order valence-corrected chi connectivity index (χ2v) is 29.6. The number of nitrogens with zero attached hydrogens (tertiary/aromatic N) is 3. The second-order valence-electron chi connectivity index (χ2n) is 29.6. The summed E-state index contributed by atoms with van der Waals surface area (Å²) in [6, 6.07) is 41.3. The van der Waals surface area contributed by atoms with Crippen molar-refractivity contribution in [3.63, 3.8) is 0 Å². The molecule has 20 rings (SSSR count). The molecule has 7 aromatic carbocycles. The van der Waals surface area contributed by atoms with E-state index in [0.717, 1.165) is 0 Å². The monoisotopic (exact) mass is 1080 g/mol. The van der Waals surface area contributed by atoms with Crippen molar-refractivity contribution < 1.29 is 0 Å². The molecule has 6 fully saturated rings. The van der Waals surface area contributed by atoms with Gasteiger partial charge in [-0.25, -0.2) is 0 Å². The predicted molar refractivity (Wildman–Crippen MR) is 354 cm³/mol. The zero-order valence-corrected chi connectivity index (χ0v) is 49.3. The normalized spacial score (nSPS) is 21.4. The molecule has 7 heterocycles. The summed E-state index contributed by atoms with van der Waals surface area (Å²) in [6.45, 7) is 0.312. The predicted octanol–water partition coefficient (Wildman–Crippen LogP) is 17.6. The number of hydrogen-bond acceptors (Lipinski definition) is 0. The summed E-state index contributed by atoms with van der Waals surface area (Å²) in [5.41, 5.74) is 32.7. The lowest BCUT2D eigenvalue weighted by molar-refractivity contribution is 0.444. The van der Waals surface area contributed by atoms with Gasteiger partial charge in [-0.1, -0.05) is 152 Å². The van der Waals surface area contributed by atoms with Crippen LogP contribution in [0, 0.1) is 0 Å². The molecule has 0 atom stereocenters. The van der Waals surface area contributed by atoms with Crippen molar-refractivity contribution in [1.29, 1.82) is 0 Å². The number of benzene rings is 7. The summed E-state index contributed by atoms with van der Waals surface area (Å²) in [4.78, 5) is 0. The number of fused-ring (bicyclic) bond motifs is 13. The van der Waals surface area contributed by atoms with Crippen LogP contribution in [0.4, 0.5) is 0 Å². The molecule has 83 heavy (non-hydrogen) atoms. The SMILES string of the molecule is c1cc2c(cc1C1CCCCC1)c1cc(C3CCCCC3)cc3c1n2-c1cc2c4c5c1B3c1cc(C3CCCCC3)cc3c6cc(C7CCCCC7)cc(c6n-5c13)B4c1cc(C3CCCCC3)cc3c4cc(C5CCCCC5)ccc4n-2c13. The zero-order valence-electron chi connectivity index (χ0n) is 49.3. The Hall–Kier alpha value is -5.93. The molecular formula is C78H81B2N3. The van der Waals surface area contributed by atoms with Crippen LogP contribution in [0.5, 0.6) is 0 Å². The maximum Gasteiger partial charge on any atom is 0.252 e. The Morgan fingerprint density at radius 1 is 0.253 bits per heavy atom. The number of rotatable bonds is 6. The van der Waals surface area contributed by atoms with Gasteiger partial charge in [0.25, 0.3) is 13.4 Å². The fraction of sp³-hybridized carbons (Fsp3) is 0.462. The average molecular weight is 1080 g/mol. The Bertz CT molecular complexity index is 4130. The van der Waals surface area contributed by atoms with Crippen LogP contribution in [0.25, 0.3) is 82.5 Å². The fourth-order valence-corrected chi connectivity index (χ4v) is 21.3. The zero-order chi connectivity index (χ0) is 53.8. The largest absolute Gasteiger partial charge is 0.311 e. The van der Waals surface area contributed by atoms with Crippen molar-refractivity contribution in [2.75, 3.05) is 0 Å². The van der Waals surface area contributed by atoms with Gasteiger partial charge >= 0.3 is 0 Å². The Balaban J connectivity index is 0.961. The van der Waals surface area contributed by atoms with Crippen molar-refractivity contribution in [2.24, 2.45) is 0 Å². The van der Waals surface area contributed by atoms with Crippen molar-refractivity contribution in [2.45, 2.75) is 228 Å². The first kappa shape index (κ1) is 48.3. The van der Waals surface area contributed by atoms with Crippen LogP contribution in [0.15, 0.2) is 91.0 Å². The van der Waals surface area contributed by atoms with Gasteiger partial charge in [-0.05, 0) is 233 Å². The third-order valence-corrected chi connectivity index (χ3v) is 25.3. The third kappa shape index (κ3) is 6.78. The van der Waals surface area contributed by atoms with Crippen LogP contribution in [0.2, 0.25) is 0 Å². The molecule has 0 bridgehead atoms. The summed E-state index contributed by atoms with van der Waals surface area (Å²) in [7, 11) is 0. The first-order valence-electron chi connectivity index (χ1n) is 34.8. The van der Waals surface area contributed by atoms with Gasteiger partial charge in [-0.3, -0.25) is 0 Å². The molecule has 0 spiro atoms. The molecule has 6 aliphatic carbocycles. The van der Waals surface area contributed by atoms with E-state index in [1.807, 2.05) is 0 Å². The molecule has 0 amide bonds. The van der Waals surface area contributed by atoms with E-state index in [1.54, 1.807) is 93.7 Å². The van der Waals surface area contributed by atoms with Gasteiger partial charge in [0, 0.05) is 71.4 Å². The molecule has 10 aromatic rings. The van der Waals surface area contributed by atoms with E-state index in [2.05, 4.69) is 105 Å². The van der Waals surface area contributed by atoms with Gasteiger partial charge in [-0.2, -0.15) is 0 Å². The van der Waals surface area contributed by atoms with Gasteiger partial charge in [0.1, 0.15) is 0 Å². The molecule has 0 saturated heterocycles. The van der Waals surface area contributed by atoms with Crippen LogP contribution in [0.1, 0.15) is 262 Å². The highest BCUT2D eigenvalue weighted by Gasteiger charge is 2.50. The van der Waals surface area contributed by atoms with Crippen LogP contribution >= 0.6 is 0 Å². The van der Waals surface area contributed by atoms with Crippen molar-refractivity contribution >= 4 is 112 Å². The highest BCUT2D eigenvalue weighted by atomic mass is 15.1. The van der Waals surface area contributed by atoms with E-state index >= 15 is 0 Å². The first-order valence-corrected chi connectivity index (χ1v) is 34.8. The molecule has 3 nitrogen and oxygen atoms in total. The van der Waals surface area contributed by atoms with Crippen LogP contribution in [0.3, 0.4) is 0 Å². The Labute approximate surface area is 492 Å². The first-order chi connectivity index (χ1) is 41.2. The Morgan fingerprint density at radius 2 is 0.518 bits per heavy atom. The smallest absolute Gasteiger partial charge is 0.252 e. The van der Waals surface area contributed by atoms with E-state index in [-0.39, 0.29) is 13.4 Å². The summed E-state index contributed by atoms with van der Waals surface area (Å²) in [5.74, 6) is 3.82. The molecule has 6 saturated carbocycles. The maximum absolute atomic E-state index is 2.98. The minimum Gasteiger partial charge on any atom is -0.311 e. The van der Waals surface area contributed by atoms with Gasteiger partial charge in [-0.15, -0.1) is 0 Å². The molecule has 3 aromatic heterocycles. The van der Waals surface area contributed by atoms with Gasteiger partial charge in [0.15, 0.2) is 0 Å². The summed E-state index contributed by atoms with van der Waals surface area (Å²) in [6.07, 6.45) is 40.6. The number of aromatic nitrogens is 3. The maximum atomic E-state index is 2.98. The lowest BCUT2D eigenvalue weighted by Crippen LogP contribution is -2.66. The minimum atomic E-state index is 0.156. The fourth-order valence-electron chi connectivity index (χ4n) is 21.3. The van der Waals surface area contributed by atoms with Crippen LogP contribution < -0.4 is 32.8 Å². The standard InChI is InChI=1S/C78H81B2N3/c1-7-19-46(20-8-1)52-31-33-68-58(35-52)60-37-54(48-23-11-3-12-24-48)41-64-74(60)81(68)70-45-71-73-78-72(70)79(64)66-43-56(50-27-15-5-16-28-50)39-62-63-40-57(51-29-17-6-18-30-51)44-67(77(63)83(78)76(62)66)80(73)65-42-55(49-25-13-4-14-26-49)38-61-59-36-53(47-21-9-2-10-22-47)32-34-69(59)82(71)75(61)65/h31-51H,1-30H2. The highest BCUT2D eigenvalue weighted by Crippen LogP contribution is 2.49. The molecule has 0 N–H and O–H groups in total. The minimum absolute atomic E-state index is 0.156. The lowest BCUT2D eigenvalue weighted by Gasteiger charge is -2.41. The molecule has 0 radical (unpaired) electrons. The quantitative estimate of drug-likeness (QED) is 0.147. The van der Waals surface area contributed by atoms with Crippen molar-refractivity contribution in [1.82, 2.24) is 13.7 Å². The molecule has 5 heteroatoms. The summed E-state index contributed by atoms with van der Waals surface area (Å²) >= 11 is 0. The van der Waals surface area contributed by atoms with E-state index in [1.165, 1.54) is 248 Å². The van der Waals surface area contributed by atoms with Crippen molar-refractivity contribution in [3.05, 3.63) is 124 Å². The van der Waals surface area contributed by atoms with E-state index in [4.69, 9.17) is 0 Å². The van der Waals surface area contributed by atoms with Crippen LogP contribution in [-0.4, -0.2) is 27.1 Å². The molecule has 0 unspecified atom stereocenters. The third-order valence-electron chi connectivity index (χ3n) is 25.3. The van der Waals surface area contributed by atoms with Crippen molar-refractivity contribution in [3.8, 4) is 17.1 Å². The van der Waals surface area contributed by atoms with Gasteiger partial charge in [0.05, 0.1) is 11.0 Å². The molecule has 10 aliphatic rings. The Kier molecular flexibility index (Phi) is 10.7. The summed E-state index contributed by atoms with van der Waals surface area (Å²) < 4.78 is 8.75. The lowest BCUT2D eigenvalue weighted by atomic mass is 9.30. The van der Waals surface area contributed by atoms with E-state index < -0.39 is 0 Å². The Morgan fingerprint density at radius 3 is 0.831 bits per heavy atom.